The smallest absolute Gasteiger partial charge is 0.185 e. The molecule has 0 bridgehead atoms. The van der Waals surface area contributed by atoms with Crippen LogP contribution in [-0.2, 0) is 6.54 Å². The van der Waals surface area contributed by atoms with Crippen LogP contribution < -0.4 is 10.2 Å². The van der Waals surface area contributed by atoms with Gasteiger partial charge in [0, 0.05) is 49.7 Å². The molecule has 8 nitrogen and oxygen atoms in total. The van der Waals surface area contributed by atoms with Gasteiger partial charge >= 0.3 is 0 Å². The summed E-state index contributed by atoms with van der Waals surface area (Å²) in [6.07, 6.45) is 5.10. The van der Waals surface area contributed by atoms with Crippen LogP contribution in [0.3, 0.4) is 0 Å². The molecule has 2 N–H and O–H groups in total. The van der Waals surface area contributed by atoms with Crippen molar-refractivity contribution in [2.45, 2.75) is 25.9 Å². The molecule has 10 heteroatoms. The van der Waals surface area contributed by atoms with Crippen LogP contribution in [0.4, 0.5) is 5.69 Å². The first-order valence-electron chi connectivity index (χ1n) is 12.5. The number of aromatic nitrogens is 4. The maximum absolute atomic E-state index is 9.29. The van der Waals surface area contributed by atoms with Crippen molar-refractivity contribution in [3.63, 3.8) is 0 Å². The first kappa shape index (κ1) is 27.8. The molecule has 0 unspecified atom stereocenters. The third-order valence-electron chi connectivity index (χ3n) is 7.36. The van der Waals surface area contributed by atoms with Crippen LogP contribution in [0.5, 0.6) is 0 Å². The van der Waals surface area contributed by atoms with E-state index in [2.05, 4.69) is 66.1 Å². The van der Waals surface area contributed by atoms with Crippen LogP contribution in [0.1, 0.15) is 24.5 Å². The van der Waals surface area contributed by atoms with Crippen molar-refractivity contribution in [2.75, 3.05) is 31.1 Å². The average Bonchev–Trinajstić information content (AvgIpc) is 3.66. The maximum atomic E-state index is 9.29. The highest BCUT2D eigenvalue weighted by Crippen LogP contribution is 2.35. The zero-order chi connectivity index (χ0) is 24.6. The van der Waals surface area contributed by atoms with Gasteiger partial charge in [-0.2, -0.15) is 32.3 Å². The second-order valence-electron chi connectivity index (χ2n) is 9.86. The molecular formula is C28H33N7OS2. The predicted molar refractivity (Wildman–Crippen MR) is 160 cm³/mol. The topological polar surface area (TPSA) is 94.9 Å². The summed E-state index contributed by atoms with van der Waals surface area (Å²) in [5, 5.41) is 30.5. The lowest BCUT2D eigenvalue weighted by Gasteiger charge is -2.21. The van der Waals surface area contributed by atoms with E-state index in [4.69, 9.17) is 5.26 Å². The number of anilines is 1. The van der Waals surface area contributed by atoms with E-state index in [9.17, 15) is 5.11 Å². The molecule has 0 amide bonds. The van der Waals surface area contributed by atoms with Crippen LogP contribution in [0, 0.1) is 17.2 Å². The number of nitrogens with one attached hydrogen (secondary N) is 1. The summed E-state index contributed by atoms with van der Waals surface area (Å²) in [6, 6.07) is 18.9. The molecule has 2 aromatic heterocycles. The van der Waals surface area contributed by atoms with E-state index < -0.39 is 0 Å². The summed E-state index contributed by atoms with van der Waals surface area (Å²) < 4.78 is 4.32. The summed E-state index contributed by atoms with van der Waals surface area (Å²) in [5.74, 6) is 1.40. The molecule has 4 aromatic rings. The summed E-state index contributed by atoms with van der Waals surface area (Å²) in [6.45, 7) is 5.90. The molecule has 0 radical (unpaired) electrons. The summed E-state index contributed by atoms with van der Waals surface area (Å²) in [5.41, 5.74) is 7.42. The molecule has 2 aliphatic heterocycles. The van der Waals surface area contributed by atoms with E-state index in [1.54, 1.807) is 6.33 Å². The number of rotatable bonds is 6. The van der Waals surface area contributed by atoms with Gasteiger partial charge in [0.1, 0.15) is 6.33 Å². The number of aliphatic hydroxyl groups is 1. The summed E-state index contributed by atoms with van der Waals surface area (Å²) >= 11 is 0. The zero-order valence-electron chi connectivity index (χ0n) is 21.3. The molecule has 0 spiro atoms. The maximum Gasteiger partial charge on any atom is 0.185 e. The Kier molecular flexibility index (Phi) is 8.53. The van der Waals surface area contributed by atoms with Crippen molar-refractivity contribution in [1.82, 2.24) is 24.6 Å². The highest BCUT2D eigenvalue weighted by molar-refractivity contribution is 7.59. The number of hydrogen-bond acceptors (Lipinski definition) is 6. The normalized spacial score (nSPS) is 16.2. The SMILES string of the molecule is C[C@@H](CO)NC[C@@H]1CCN(c2ccc3c(c2)Cn2cc(-c4ccc(C#N)cc4)cc2-c2nncn2-3)C1.S.S. The molecule has 1 saturated heterocycles. The molecule has 0 aliphatic carbocycles. The Hall–Kier alpha value is -3.23. The van der Waals surface area contributed by atoms with Crippen molar-refractivity contribution in [1.29, 1.82) is 5.26 Å². The van der Waals surface area contributed by atoms with Crippen molar-refractivity contribution in [3.05, 3.63) is 72.2 Å². The minimum Gasteiger partial charge on any atom is -0.395 e. The number of hydrogen-bond donors (Lipinski definition) is 2. The monoisotopic (exact) mass is 547 g/mol. The van der Waals surface area contributed by atoms with Crippen LogP contribution in [0.25, 0.3) is 28.3 Å². The van der Waals surface area contributed by atoms with E-state index in [0.717, 1.165) is 60.9 Å². The standard InChI is InChI=1S/C28H29N7O.2H2S/c1-19(17-36)30-13-21-8-9-33(14-21)25-6-7-26-24(10-25)16-34-15-23(22-4-2-20(12-29)3-5-22)11-27(34)28-32-31-18-35(26)28;;/h2-7,10-11,15,18-19,21,30,36H,8-9,13-14,16-17H2,1H3;2*1H2/t19-,21-;;/m0../s1. The lowest BCUT2D eigenvalue weighted by molar-refractivity contribution is 0.247. The van der Waals surface area contributed by atoms with Crippen LogP contribution in [-0.4, -0.2) is 56.7 Å². The van der Waals surface area contributed by atoms with E-state index in [0.29, 0.717) is 11.5 Å². The Labute approximate surface area is 236 Å². The Morgan fingerprint density at radius 1 is 1.13 bits per heavy atom. The number of fused-ring (bicyclic) bond motifs is 5. The predicted octanol–water partition coefficient (Wildman–Crippen LogP) is 3.66. The second kappa shape index (κ2) is 11.7. The highest BCUT2D eigenvalue weighted by atomic mass is 32.1. The molecule has 1 fully saturated rings. The number of benzene rings is 2. The van der Waals surface area contributed by atoms with Gasteiger partial charge in [-0.15, -0.1) is 10.2 Å². The van der Waals surface area contributed by atoms with Gasteiger partial charge in [-0.1, -0.05) is 12.1 Å². The lowest BCUT2D eigenvalue weighted by Crippen LogP contribution is -2.34. The van der Waals surface area contributed by atoms with E-state index in [1.165, 1.54) is 11.3 Å². The third kappa shape index (κ3) is 5.20. The van der Waals surface area contributed by atoms with Gasteiger partial charge in [0.15, 0.2) is 5.82 Å². The van der Waals surface area contributed by atoms with Crippen molar-refractivity contribution in [2.24, 2.45) is 5.92 Å². The van der Waals surface area contributed by atoms with Gasteiger partial charge < -0.3 is 19.9 Å². The minimum atomic E-state index is 0. The van der Waals surface area contributed by atoms with E-state index >= 15 is 0 Å². The van der Waals surface area contributed by atoms with Gasteiger partial charge in [-0.3, -0.25) is 4.57 Å². The fourth-order valence-corrected chi connectivity index (χ4v) is 5.29. The molecule has 198 valence electrons. The molecule has 38 heavy (non-hydrogen) atoms. The Morgan fingerprint density at radius 2 is 1.95 bits per heavy atom. The Balaban J connectivity index is 0.00000168. The van der Waals surface area contributed by atoms with Crippen LogP contribution in [0.15, 0.2) is 61.1 Å². The summed E-state index contributed by atoms with van der Waals surface area (Å²) in [4.78, 5) is 2.47. The number of nitriles is 1. The van der Waals surface area contributed by atoms with Gasteiger partial charge in [0.25, 0.3) is 0 Å². The van der Waals surface area contributed by atoms with E-state index in [1.807, 2.05) is 31.2 Å². The van der Waals surface area contributed by atoms with Crippen LogP contribution in [0.2, 0.25) is 0 Å². The number of aliphatic hydroxyl groups excluding tert-OH is 1. The zero-order valence-corrected chi connectivity index (χ0v) is 23.3. The van der Waals surface area contributed by atoms with Crippen molar-refractivity contribution < 1.29 is 5.11 Å². The van der Waals surface area contributed by atoms with Gasteiger partial charge in [-0.25, -0.2) is 0 Å². The van der Waals surface area contributed by atoms with Crippen LogP contribution >= 0.6 is 27.0 Å². The molecule has 4 heterocycles. The van der Waals surface area contributed by atoms with E-state index in [-0.39, 0.29) is 39.6 Å². The third-order valence-corrected chi connectivity index (χ3v) is 7.36. The average molecular weight is 548 g/mol. The highest BCUT2D eigenvalue weighted by Gasteiger charge is 2.26. The fraction of sp³-hybridized carbons (Fsp3) is 0.321. The molecule has 2 aromatic carbocycles. The van der Waals surface area contributed by atoms with Gasteiger partial charge in [0.05, 0.1) is 29.6 Å². The molecule has 0 saturated carbocycles. The molecule has 2 atom stereocenters. The molecule has 6 rings (SSSR count). The quantitative estimate of drug-likeness (QED) is 0.337. The molecule has 2 aliphatic rings. The Morgan fingerprint density at radius 3 is 2.71 bits per heavy atom. The minimum absolute atomic E-state index is 0. The van der Waals surface area contributed by atoms with Gasteiger partial charge in [0.2, 0.25) is 0 Å². The summed E-state index contributed by atoms with van der Waals surface area (Å²) in [7, 11) is 0. The first-order chi connectivity index (χ1) is 17.6. The lowest BCUT2D eigenvalue weighted by atomic mass is 10.1. The molecular weight excluding hydrogens is 514 g/mol. The van der Waals surface area contributed by atoms with Crippen molar-refractivity contribution in [3.8, 4) is 34.4 Å². The first-order valence-corrected chi connectivity index (χ1v) is 12.5. The van der Waals surface area contributed by atoms with Gasteiger partial charge in [-0.05, 0) is 66.8 Å². The number of nitrogens with zero attached hydrogens (tertiary/aromatic N) is 6. The second-order valence-corrected chi connectivity index (χ2v) is 9.86. The van der Waals surface area contributed by atoms with Crippen molar-refractivity contribution >= 4 is 32.7 Å². The Bertz CT molecular complexity index is 1440. The largest absolute Gasteiger partial charge is 0.395 e. The fourth-order valence-electron chi connectivity index (χ4n) is 5.29.